The van der Waals surface area contributed by atoms with Gasteiger partial charge in [-0.1, -0.05) is 22.0 Å². The molecule has 2 N–H and O–H groups in total. The van der Waals surface area contributed by atoms with Crippen LogP contribution in [0.3, 0.4) is 0 Å². The van der Waals surface area contributed by atoms with Gasteiger partial charge in [0.05, 0.1) is 11.5 Å². The van der Waals surface area contributed by atoms with Gasteiger partial charge in [0.1, 0.15) is 0 Å². The van der Waals surface area contributed by atoms with Crippen LogP contribution in [0.4, 0.5) is 5.69 Å². The number of benzene rings is 2. The highest BCUT2D eigenvalue weighted by atomic mass is 79.9. The molecule has 0 fully saturated rings. The van der Waals surface area contributed by atoms with E-state index in [2.05, 4.69) is 26.0 Å². The quantitative estimate of drug-likeness (QED) is 0.647. The van der Waals surface area contributed by atoms with Crippen LogP contribution in [0.15, 0.2) is 45.8 Å². The first-order valence-corrected chi connectivity index (χ1v) is 10.2. The van der Waals surface area contributed by atoms with Crippen LogP contribution in [0.25, 0.3) is 0 Å². The molecule has 0 aliphatic rings. The molecule has 0 aromatic heterocycles. The van der Waals surface area contributed by atoms with Gasteiger partial charge in [-0.25, -0.2) is 13.1 Å². The lowest BCUT2D eigenvalue weighted by Gasteiger charge is -2.12. The Bertz CT molecular complexity index is 913. The van der Waals surface area contributed by atoms with Crippen molar-refractivity contribution in [2.75, 3.05) is 25.6 Å². The van der Waals surface area contributed by atoms with E-state index >= 15 is 0 Å². The molecule has 0 saturated carbocycles. The first kappa shape index (κ1) is 20.6. The molecule has 1 amide bonds. The molecular weight excluding hydrogens is 420 g/mol. The Morgan fingerprint density at radius 1 is 1.12 bits per heavy atom. The van der Waals surface area contributed by atoms with E-state index in [4.69, 9.17) is 4.74 Å². The summed E-state index contributed by atoms with van der Waals surface area (Å²) >= 11 is 3.41. The predicted molar refractivity (Wildman–Crippen MR) is 105 cm³/mol. The summed E-state index contributed by atoms with van der Waals surface area (Å²) in [4.78, 5) is 12.7. The minimum absolute atomic E-state index is 0.0383. The lowest BCUT2D eigenvalue weighted by molar-refractivity contribution is 0.102. The van der Waals surface area contributed by atoms with Crippen molar-refractivity contribution < 1.29 is 17.9 Å². The average Bonchev–Trinajstić information content (AvgIpc) is 2.58. The van der Waals surface area contributed by atoms with Gasteiger partial charge in [-0.15, -0.1) is 0 Å². The van der Waals surface area contributed by atoms with Crippen LogP contribution in [0.2, 0.25) is 0 Å². The zero-order chi connectivity index (χ0) is 19.3. The summed E-state index contributed by atoms with van der Waals surface area (Å²) < 4.78 is 32.9. The number of nitrogens with one attached hydrogen (secondary N) is 2. The third-order valence-electron chi connectivity index (χ3n) is 3.78. The molecule has 140 valence electrons. The fraction of sp³-hybridized carbons (Fsp3) is 0.278. The van der Waals surface area contributed by atoms with Crippen LogP contribution in [0.5, 0.6) is 0 Å². The molecule has 0 spiro atoms. The van der Waals surface area contributed by atoms with Crippen LogP contribution in [-0.2, 0) is 14.8 Å². The van der Waals surface area contributed by atoms with Gasteiger partial charge in [-0.05, 0) is 55.3 Å². The Balaban J connectivity index is 2.25. The monoisotopic (exact) mass is 440 g/mol. The van der Waals surface area contributed by atoms with Crippen molar-refractivity contribution in [3.05, 3.63) is 57.6 Å². The van der Waals surface area contributed by atoms with Gasteiger partial charge in [0.2, 0.25) is 10.0 Å². The zero-order valence-electron chi connectivity index (χ0n) is 14.8. The predicted octanol–water partition coefficient (Wildman–Crippen LogP) is 3.24. The van der Waals surface area contributed by atoms with Crippen molar-refractivity contribution in [1.29, 1.82) is 0 Å². The second-order valence-electron chi connectivity index (χ2n) is 5.79. The largest absolute Gasteiger partial charge is 0.383 e. The van der Waals surface area contributed by atoms with Crippen LogP contribution >= 0.6 is 15.9 Å². The molecule has 0 aliphatic heterocycles. The minimum atomic E-state index is -3.71. The van der Waals surface area contributed by atoms with Gasteiger partial charge in [-0.2, -0.15) is 0 Å². The molecule has 2 aromatic carbocycles. The Kier molecular flexibility index (Phi) is 6.94. The van der Waals surface area contributed by atoms with E-state index in [-0.39, 0.29) is 24.0 Å². The molecule has 0 saturated heterocycles. The minimum Gasteiger partial charge on any atom is -0.383 e. The molecule has 8 heteroatoms. The highest BCUT2D eigenvalue weighted by molar-refractivity contribution is 9.10. The number of amides is 1. The van der Waals surface area contributed by atoms with Crippen molar-refractivity contribution in [2.24, 2.45) is 0 Å². The number of sulfonamides is 1. The van der Waals surface area contributed by atoms with Gasteiger partial charge in [0.25, 0.3) is 5.91 Å². The van der Waals surface area contributed by atoms with E-state index in [0.29, 0.717) is 16.8 Å². The second-order valence-corrected chi connectivity index (χ2v) is 8.41. The molecule has 0 unspecified atom stereocenters. The highest BCUT2D eigenvalue weighted by Gasteiger charge is 2.18. The Labute approximate surface area is 162 Å². The van der Waals surface area contributed by atoms with Gasteiger partial charge in [0, 0.05) is 29.4 Å². The third kappa shape index (κ3) is 5.14. The Hall–Kier alpha value is -1.74. The summed E-state index contributed by atoms with van der Waals surface area (Å²) in [6.07, 6.45) is 0. The highest BCUT2D eigenvalue weighted by Crippen LogP contribution is 2.22. The van der Waals surface area contributed by atoms with Crippen LogP contribution in [0.1, 0.15) is 21.5 Å². The Morgan fingerprint density at radius 2 is 1.85 bits per heavy atom. The maximum atomic E-state index is 12.6. The maximum absolute atomic E-state index is 12.6. The third-order valence-corrected chi connectivity index (χ3v) is 6.13. The zero-order valence-corrected chi connectivity index (χ0v) is 17.2. The number of hydrogen-bond donors (Lipinski definition) is 2. The van der Waals surface area contributed by atoms with Crippen LogP contribution in [-0.4, -0.2) is 34.6 Å². The standard InChI is InChI=1S/C18H21BrN2O4S/c1-12-4-6-15(26(23,24)20-8-9-25-3)11-16(12)18(22)21-14-5-7-17(19)13(2)10-14/h4-7,10-11,20H,8-9H2,1-3H3,(H,21,22). The molecule has 2 aromatic rings. The molecule has 0 aliphatic carbocycles. The fourth-order valence-corrected chi connectivity index (χ4v) is 3.58. The molecule has 0 heterocycles. The van der Waals surface area contributed by atoms with Crippen molar-refractivity contribution in [3.8, 4) is 0 Å². The number of halogens is 1. The summed E-state index contributed by atoms with van der Waals surface area (Å²) in [5, 5.41) is 2.80. The van der Waals surface area contributed by atoms with Crippen molar-refractivity contribution in [2.45, 2.75) is 18.7 Å². The van der Waals surface area contributed by atoms with Gasteiger partial charge in [0.15, 0.2) is 0 Å². The molecular formula is C18H21BrN2O4S. The molecule has 26 heavy (non-hydrogen) atoms. The summed E-state index contributed by atoms with van der Waals surface area (Å²) in [5.74, 6) is -0.363. The number of ether oxygens (including phenoxy) is 1. The summed E-state index contributed by atoms with van der Waals surface area (Å²) in [6, 6.07) is 9.93. The lowest BCUT2D eigenvalue weighted by atomic mass is 10.1. The SMILES string of the molecule is COCCNS(=O)(=O)c1ccc(C)c(C(=O)Nc2ccc(Br)c(C)c2)c1. The topological polar surface area (TPSA) is 84.5 Å². The molecule has 2 rings (SSSR count). The normalized spacial score (nSPS) is 11.4. The van der Waals surface area contributed by atoms with E-state index in [1.807, 2.05) is 19.1 Å². The number of hydrogen-bond acceptors (Lipinski definition) is 4. The van der Waals surface area contributed by atoms with Crippen LogP contribution < -0.4 is 10.0 Å². The maximum Gasteiger partial charge on any atom is 0.255 e. The van der Waals surface area contributed by atoms with E-state index < -0.39 is 10.0 Å². The first-order chi connectivity index (χ1) is 12.2. The van der Waals surface area contributed by atoms with E-state index in [1.165, 1.54) is 19.2 Å². The number of methoxy groups -OCH3 is 1. The molecule has 0 radical (unpaired) electrons. The molecule has 0 atom stereocenters. The molecule has 6 nitrogen and oxygen atoms in total. The average molecular weight is 441 g/mol. The summed E-state index contributed by atoms with van der Waals surface area (Å²) in [6.45, 7) is 4.11. The summed E-state index contributed by atoms with van der Waals surface area (Å²) in [7, 11) is -2.21. The van der Waals surface area contributed by atoms with Crippen molar-refractivity contribution >= 4 is 37.5 Å². The van der Waals surface area contributed by atoms with Crippen LogP contribution in [0, 0.1) is 13.8 Å². The smallest absolute Gasteiger partial charge is 0.255 e. The summed E-state index contributed by atoms with van der Waals surface area (Å²) in [5.41, 5.74) is 2.62. The molecule has 0 bridgehead atoms. The van der Waals surface area contributed by atoms with E-state index in [9.17, 15) is 13.2 Å². The van der Waals surface area contributed by atoms with Crippen molar-refractivity contribution in [1.82, 2.24) is 4.72 Å². The fourth-order valence-electron chi connectivity index (χ4n) is 2.30. The lowest BCUT2D eigenvalue weighted by Crippen LogP contribution is -2.27. The number of rotatable bonds is 7. The number of carbonyl (C=O) groups excluding carboxylic acids is 1. The van der Waals surface area contributed by atoms with Gasteiger partial charge >= 0.3 is 0 Å². The first-order valence-electron chi connectivity index (χ1n) is 7.91. The number of carbonyl (C=O) groups is 1. The van der Waals surface area contributed by atoms with Gasteiger partial charge in [-0.3, -0.25) is 4.79 Å². The van der Waals surface area contributed by atoms with E-state index in [0.717, 1.165) is 10.0 Å². The number of aryl methyl sites for hydroxylation is 2. The number of anilines is 1. The van der Waals surface area contributed by atoms with E-state index in [1.54, 1.807) is 19.1 Å². The van der Waals surface area contributed by atoms with Gasteiger partial charge < -0.3 is 10.1 Å². The second kappa shape index (κ2) is 8.77. The van der Waals surface area contributed by atoms with Crippen molar-refractivity contribution in [3.63, 3.8) is 0 Å². The Morgan fingerprint density at radius 3 is 2.50 bits per heavy atom.